The van der Waals surface area contributed by atoms with Crippen LogP contribution in [0.25, 0.3) is 0 Å². The highest BCUT2D eigenvalue weighted by Gasteiger charge is 2.16. The molecule has 0 aliphatic carbocycles. The average molecular weight is 290 g/mol. The summed E-state index contributed by atoms with van der Waals surface area (Å²) in [5, 5.41) is 9.27. The second-order valence-corrected chi connectivity index (χ2v) is 4.81. The van der Waals surface area contributed by atoms with Crippen molar-refractivity contribution in [2.45, 2.75) is 33.2 Å². The zero-order valence-corrected chi connectivity index (χ0v) is 12.5. The molecular formula is C13H18N6O2. The summed E-state index contributed by atoms with van der Waals surface area (Å²) in [4.78, 5) is 24.8. The fraction of sp³-hybridized carbons (Fsp3) is 0.462. The van der Waals surface area contributed by atoms with Crippen LogP contribution < -0.4 is 10.6 Å². The van der Waals surface area contributed by atoms with Crippen molar-refractivity contribution in [3.05, 3.63) is 29.4 Å². The van der Waals surface area contributed by atoms with Gasteiger partial charge in [0.1, 0.15) is 5.82 Å². The van der Waals surface area contributed by atoms with Gasteiger partial charge in [0.2, 0.25) is 5.89 Å². The first-order valence-corrected chi connectivity index (χ1v) is 6.63. The second kappa shape index (κ2) is 6.29. The molecule has 0 radical (unpaired) electrons. The van der Waals surface area contributed by atoms with Crippen LogP contribution in [-0.2, 0) is 6.54 Å². The molecule has 2 rings (SSSR count). The van der Waals surface area contributed by atoms with Gasteiger partial charge in [0.15, 0.2) is 11.5 Å². The van der Waals surface area contributed by atoms with Crippen LogP contribution in [0.1, 0.15) is 47.8 Å². The Morgan fingerprint density at radius 3 is 2.71 bits per heavy atom. The van der Waals surface area contributed by atoms with Gasteiger partial charge in [0.25, 0.3) is 5.91 Å². The predicted octanol–water partition coefficient (Wildman–Crippen LogP) is 1.26. The Balaban J connectivity index is 2.15. The van der Waals surface area contributed by atoms with Gasteiger partial charge in [-0.05, 0) is 6.92 Å². The van der Waals surface area contributed by atoms with E-state index in [2.05, 4.69) is 30.7 Å². The van der Waals surface area contributed by atoms with E-state index < -0.39 is 0 Å². The van der Waals surface area contributed by atoms with E-state index in [9.17, 15) is 4.79 Å². The normalized spacial score (nSPS) is 10.7. The largest absolute Gasteiger partial charge is 0.385 e. The minimum Gasteiger partial charge on any atom is -0.385 e. The topological polar surface area (TPSA) is 106 Å². The maximum absolute atomic E-state index is 12.2. The lowest BCUT2D eigenvalue weighted by molar-refractivity contribution is 0.0941. The Morgan fingerprint density at radius 2 is 2.14 bits per heavy atom. The van der Waals surface area contributed by atoms with Crippen LogP contribution in [0.5, 0.6) is 0 Å². The van der Waals surface area contributed by atoms with Gasteiger partial charge in [-0.1, -0.05) is 19.0 Å². The monoisotopic (exact) mass is 290 g/mol. The number of aryl methyl sites for hydroxylation is 1. The number of hydrogen-bond acceptors (Lipinski definition) is 7. The molecule has 0 atom stereocenters. The van der Waals surface area contributed by atoms with Crippen molar-refractivity contribution in [1.29, 1.82) is 0 Å². The maximum Gasteiger partial charge on any atom is 0.272 e. The van der Waals surface area contributed by atoms with Crippen LogP contribution in [0.3, 0.4) is 0 Å². The summed E-state index contributed by atoms with van der Waals surface area (Å²) in [7, 11) is 1.71. The van der Waals surface area contributed by atoms with Crippen molar-refractivity contribution in [3.8, 4) is 0 Å². The lowest BCUT2D eigenvalue weighted by Gasteiger charge is -2.10. The summed E-state index contributed by atoms with van der Waals surface area (Å²) in [6.45, 7) is 5.81. The zero-order chi connectivity index (χ0) is 15.4. The number of nitrogens with one attached hydrogen (secondary N) is 2. The number of carbonyl (C=O) groups is 1. The van der Waals surface area contributed by atoms with E-state index in [1.807, 2.05) is 13.8 Å². The summed E-state index contributed by atoms with van der Waals surface area (Å²) < 4.78 is 4.94. The van der Waals surface area contributed by atoms with Crippen molar-refractivity contribution < 1.29 is 9.32 Å². The molecule has 21 heavy (non-hydrogen) atoms. The first-order valence-electron chi connectivity index (χ1n) is 6.63. The molecule has 8 nitrogen and oxygen atoms in total. The smallest absolute Gasteiger partial charge is 0.272 e. The van der Waals surface area contributed by atoms with E-state index in [0.717, 1.165) is 0 Å². The maximum atomic E-state index is 12.2. The van der Waals surface area contributed by atoms with Crippen molar-refractivity contribution in [2.75, 3.05) is 12.4 Å². The molecule has 0 bridgehead atoms. The molecule has 0 spiro atoms. The molecule has 0 saturated carbocycles. The lowest BCUT2D eigenvalue weighted by atomic mass is 10.2. The van der Waals surface area contributed by atoms with Crippen LogP contribution in [0.4, 0.5) is 5.69 Å². The third kappa shape index (κ3) is 3.53. The first-order chi connectivity index (χ1) is 10.0. The van der Waals surface area contributed by atoms with E-state index in [0.29, 0.717) is 28.9 Å². The summed E-state index contributed by atoms with van der Waals surface area (Å²) in [5.74, 6) is 1.32. The number of amides is 1. The van der Waals surface area contributed by atoms with Gasteiger partial charge in [0, 0.05) is 13.0 Å². The molecule has 0 aliphatic heterocycles. The van der Waals surface area contributed by atoms with E-state index in [1.165, 1.54) is 0 Å². The highest BCUT2D eigenvalue weighted by molar-refractivity contribution is 5.97. The number of anilines is 1. The molecule has 0 aliphatic rings. The molecule has 8 heteroatoms. The first kappa shape index (κ1) is 14.9. The van der Waals surface area contributed by atoms with Crippen LogP contribution >= 0.6 is 0 Å². The van der Waals surface area contributed by atoms with Gasteiger partial charge >= 0.3 is 0 Å². The number of aromatic nitrogens is 4. The molecule has 0 aromatic carbocycles. The van der Waals surface area contributed by atoms with Crippen molar-refractivity contribution in [1.82, 2.24) is 25.4 Å². The summed E-state index contributed by atoms with van der Waals surface area (Å²) >= 11 is 0. The Hall–Kier alpha value is -2.51. The Bertz CT molecular complexity index is 637. The van der Waals surface area contributed by atoms with E-state index >= 15 is 0 Å². The standard InChI is InChI=1S/C13H18N6O2/c1-7(2)12-15-5-9(14-4)11(18-12)13(20)16-6-10-17-8(3)19-21-10/h5,7,14H,6H2,1-4H3,(H,16,20). The minimum atomic E-state index is -0.320. The SMILES string of the molecule is CNc1cnc(C(C)C)nc1C(=O)NCc1nc(C)no1. The fourth-order valence-electron chi connectivity index (χ4n) is 1.68. The third-order valence-corrected chi connectivity index (χ3v) is 2.78. The summed E-state index contributed by atoms with van der Waals surface area (Å²) in [6.07, 6.45) is 1.61. The van der Waals surface area contributed by atoms with Gasteiger partial charge in [-0.2, -0.15) is 4.98 Å². The molecule has 0 unspecified atom stereocenters. The van der Waals surface area contributed by atoms with Crippen molar-refractivity contribution in [2.24, 2.45) is 0 Å². The van der Waals surface area contributed by atoms with Crippen LogP contribution in [0.2, 0.25) is 0 Å². The molecule has 2 N–H and O–H groups in total. The molecule has 1 amide bonds. The highest BCUT2D eigenvalue weighted by atomic mass is 16.5. The van der Waals surface area contributed by atoms with E-state index in [-0.39, 0.29) is 18.4 Å². The second-order valence-electron chi connectivity index (χ2n) is 4.81. The van der Waals surface area contributed by atoms with Gasteiger partial charge in [0.05, 0.1) is 18.4 Å². The average Bonchev–Trinajstić information content (AvgIpc) is 2.89. The fourth-order valence-corrected chi connectivity index (χ4v) is 1.68. The van der Waals surface area contributed by atoms with Crippen molar-refractivity contribution >= 4 is 11.6 Å². The summed E-state index contributed by atoms with van der Waals surface area (Å²) in [5.41, 5.74) is 0.867. The Kier molecular flexibility index (Phi) is 4.46. The van der Waals surface area contributed by atoms with Crippen LogP contribution in [0.15, 0.2) is 10.7 Å². The lowest BCUT2D eigenvalue weighted by Crippen LogP contribution is -2.26. The number of rotatable bonds is 5. The molecular weight excluding hydrogens is 272 g/mol. The van der Waals surface area contributed by atoms with E-state index in [1.54, 1.807) is 20.2 Å². The van der Waals surface area contributed by atoms with Crippen LogP contribution in [0, 0.1) is 6.92 Å². The molecule has 0 saturated heterocycles. The quantitative estimate of drug-likeness (QED) is 0.853. The Morgan fingerprint density at radius 1 is 1.38 bits per heavy atom. The highest BCUT2D eigenvalue weighted by Crippen LogP contribution is 2.15. The number of carbonyl (C=O) groups excluding carboxylic acids is 1. The van der Waals surface area contributed by atoms with Crippen molar-refractivity contribution in [3.63, 3.8) is 0 Å². The van der Waals surface area contributed by atoms with Gasteiger partial charge < -0.3 is 15.2 Å². The number of nitrogens with zero attached hydrogens (tertiary/aromatic N) is 4. The Labute approximate surface area is 122 Å². The molecule has 0 fully saturated rings. The zero-order valence-electron chi connectivity index (χ0n) is 12.5. The van der Waals surface area contributed by atoms with E-state index in [4.69, 9.17) is 4.52 Å². The van der Waals surface area contributed by atoms with Gasteiger partial charge in [-0.15, -0.1) is 0 Å². The third-order valence-electron chi connectivity index (χ3n) is 2.78. The summed E-state index contributed by atoms with van der Waals surface area (Å²) in [6, 6.07) is 0. The molecule has 2 heterocycles. The molecule has 2 aromatic heterocycles. The molecule has 2 aromatic rings. The molecule has 112 valence electrons. The minimum absolute atomic E-state index is 0.140. The van der Waals surface area contributed by atoms with Crippen LogP contribution in [-0.4, -0.2) is 33.1 Å². The van der Waals surface area contributed by atoms with Gasteiger partial charge in [-0.25, -0.2) is 9.97 Å². The number of hydrogen-bond donors (Lipinski definition) is 2. The predicted molar refractivity (Wildman–Crippen MR) is 75.9 cm³/mol. The van der Waals surface area contributed by atoms with Gasteiger partial charge in [-0.3, -0.25) is 4.79 Å².